The number of nitriles is 1. The zero-order chi connectivity index (χ0) is 13.7. The number of carbonyl (C=O) groups is 1. The summed E-state index contributed by atoms with van der Waals surface area (Å²) in [4.78, 5) is 11.9. The Morgan fingerprint density at radius 3 is 2.95 bits per heavy atom. The van der Waals surface area contributed by atoms with Crippen molar-refractivity contribution in [3.63, 3.8) is 0 Å². The first-order valence-electron chi connectivity index (χ1n) is 5.31. The predicted octanol–water partition coefficient (Wildman–Crippen LogP) is 2.61. The van der Waals surface area contributed by atoms with Gasteiger partial charge in [-0.15, -0.1) is 5.10 Å². The number of hydrogen-bond acceptors (Lipinski definition) is 6. The minimum Gasteiger partial charge on any atom is -0.455 e. The fourth-order valence-electron chi connectivity index (χ4n) is 1.45. The minimum absolute atomic E-state index is 0.0327. The number of ether oxygens (including phenoxy) is 1. The molecule has 0 radical (unpaired) electrons. The van der Waals surface area contributed by atoms with Crippen molar-refractivity contribution in [2.45, 2.75) is 13.0 Å². The Labute approximate surface area is 118 Å². The quantitative estimate of drug-likeness (QED) is 0.810. The lowest BCUT2D eigenvalue weighted by atomic mass is 10.1. The molecule has 2 aromatic rings. The van der Waals surface area contributed by atoms with Gasteiger partial charge in [-0.3, -0.25) is 0 Å². The molecule has 0 saturated carbocycles. The third-order valence-electron chi connectivity index (χ3n) is 2.36. The van der Waals surface area contributed by atoms with Gasteiger partial charge in [0.05, 0.1) is 18.1 Å². The Morgan fingerprint density at radius 1 is 1.47 bits per heavy atom. The van der Waals surface area contributed by atoms with Gasteiger partial charge in [-0.1, -0.05) is 34.3 Å². The summed E-state index contributed by atoms with van der Waals surface area (Å²) in [5.74, 6) is -0.505. The maximum absolute atomic E-state index is 11.9. The van der Waals surface area contributed by atoms with Crippen LogP contribution in [-0.2, 0) is 17.8 Å². The lowest BCUT2D eigenvalue weighted by Gasteiger charge is -2.06. The SMILES string of the molecule is N#CCc1ccccc1C(=O)OCc1nnsc1Cl. The molecule has 0 amide bonds. The van der Waals surface area contributed by atoms with Gasteiger partial charge < -0.3 is 4.74 Å². The zero-order valence-electron chi connectivity index (χ0n) is 9.67. The number of carbonyl (C=O) groups excluding carboxylic acids is 1. The number of hydrogen-bond donors (Lipinski definition) is 0. The van der Waals surface area contributed by atoms with Crippen molar-refractivity contribution in [3.8, 4) is 6.07 Å². The average molecular weight is 294 g/mol. The molecule has 1 heterocycles. The van der Waals surface area contributed by atoms with Gasteiger partial charge in [0.2, 0.25) is 0 Å². The predicted molar refractivity (Wildman–Crippen MR) is 69.8 cm³/mol. The van der Waals surface area contributed by atoms with Crippen LogP contribution >= 0.6 is 23.1 Å². The van der Waals surface area contributed by atoms with Crippen molar-refractivity contribution in [1.29, 1.82) is 5.26 Å². The summed E-state index contributed by atoms with van der Waals surface area (Å²) in [5.41, 5.74) is 1.44. The number of esters is 1. The van der Waals surface area contributed by atoms with Gasteiger partial charge >= 0.3 is 5.97 Å². The standard InChI is InChI=1S/C12H8ClN3O2S/c13-11-10(15-16-19-11)7-18-12(17)9-4-2-1-3-8(9)5-6-14/h1-4H,5,7H2. The molecule has 2 rings (SSSR count). The number of aromatic nitrogens is 2. The summed E-state index contributed by atoms with van der Waals surface area (Å²) >= 11 is 6.84. The van der Waals surface area contributed by atoms with Gasteiger partial charge in [-0.05, 0) is 11.6 Å². The first kappa shape index (κ1) is 13.5. The van der Waals surface area contributed by atoms with E-state index < -0.39 is 5.97 Å². The molecule has 0 unspecified atom stereocenters. The Bertz CT molecular complexity index is 636. The third kappa shape index (κ3) is 3.28. The van der Waals surface area contributed by atoms with Crippen LogP contribution in [0.5, 0.6) is 0 Å². The molecule has 0 aliphatic heterocycles. The smallest absolute Gasteiger partial charge is 0.338 e. The molecule has 0 N–H and O–H groups in total. The molecule has 1 aromatic heterocycles. The van der Waals surface area contributed by atoms with E-state index in [0.717, 1.165) is 11.5 Å². The van der Waals surface area contributed by atoms with Crippen molar-refractivity contribution in [1.82, 2.24) is 9.59 Å². The molecule has 0 aliphatic carbocycles. The van der Waals surface area contributed by atoms with E-state index in [4.69, 9.17) is 21.6 Å². The summed E-state index contributed by atoms with van der Waals surface area (Å²) < 4.78 is 9.16. The van der Waals surface area contributed by atoms with Crippen molar-refractivity contribution in [2.75, 3.05) is 0 Å². The lowest BCUT2D eigenvalue weighted by Crippen LogP contribution is -2.08. The van der Waals surface area contributed by atoms with Gasteiger partial charge in [0.1, 0.15) is 16.6 Å². The normalized spacial score (nSPS) is 9.89. The molecule has 5 nitrogen and oxygen atoms in total. The van der Waals surface area contributed by atoms with E-state index in [1.54, 1.807) is 24.3 Å². The van der Waals surface area contributed by atoms with E-state index in [9.17, 15) is 4.79 Å². The van der Waals surface area contributed by atoms with Crippen molar-refractivity contribution < 1.29 is 9.53 Å². The highest BCUT2D eigenvalue weighted by Gasteiger charge is 2.14. The topological polar surface area (TPSA) is 75.9 Å². The van der Waals surface area contributed by atoms with Crippen LogP contribution in [0.2, 0.25) is 4.34 Å². The van der Waals surface area contributed by atoms with Gasteiger partial charge in [0.25, 0.3) is 0 Å². The van der Waals surface area contributed by atoms with Gasteiger partial charge in [-0.2, -0.15) is 5.26 Å². The van der Waals surface area contributed by atoms with Crippen LogP contribution < -0.4 is 0 Å². The van der Waals surface area contributed by atoms with Crippen molar-refractivity contribution in [2.24, 2.45) is 0 Å². The Kier molecular flexibility index (Phi) is 4.44. The molecular weight excluding hydrogens is 286 g/mol. The van der Waals surface area contributed by atoms with Crippen LogP contribution in [0.3, 0.4) is 0 Å². The fraction of sp³-hybridized carbons (Fsp3) is 0.167. The fourth-order valence-corrected chi connectivity index (χ4v) is 2.05. The maximum Gasteiger partial charge on any atom is 0.338 e. The largest absolute Gasteiger partial charge is 0.455 e. The average Bonchev–Trinajstić information content (AvgIpc) is 2.82. The summed E-state index contributed by atoms with van der Waals surface area (Å²) in [6.45, 7) is -0.0327. The Hall–Kier alpha value is -1.97. The van der Waals surface area contributed by atoms with E-state index in [1.807, 2.05) is 6.07 Å². The molecule has 1 aromatic carbocycles. The van der Waals surface area contributed by atoms with Gasteiger partial charge in [0, 0.05) is 11.5 Å². The Balaban J connectivity index is 2.08. The molecule has 19 heavy (non-hydrogen) atoms. The molecular formula is C12H8ClN3O2S. The molecule has 0 fully saturated rings. The van der Waals surface area contributed by atoms with Crippen LogP contribution in [-0.4, -0.2) is 15.6 Å². The van der Waals surface area contributed by atoms with E-state index in [1.165, 1.54) is 0 Å². The molecule has 0 saturated heterocycles. The first-order valence-corrected chi connectivity index (χ1v) is 6.46. The molecule has 7 heteroatoms. The monoisotopic (exact) mass is 293 g/mol. The maximum atomic E-state index is 11.9. The van der Waals surface area contributed by atoms with Crippen LogP contribution in [0.15, 0.2) is 24.3 Å². The molecule has 96 valence electrons. The zero-order valence-corrected chi connectivity index (χ0v) is 11.2. The van der Waals surface area contributed by atoms with E-state index in [-0.39, 0.29) is 13.0 Å². The van der Waals surface area contributed by atoms with Crippen LogP contribution in [0.25, 0.3) is 0 Å². The second kappa shape index (κ2) is 6.27. The molecule has 0 spiro atoms. The summed E-state index contributed by atoms with van der Waals surface area (Å²) in [6.07, 6.45) is 0.157. The number of nitrogens with zero attached hydrogens (tertiary/aromatic N) is 3. The molecule has 0 bridgehead atoms. The highest BCUT2D eigenvalue weighted by molar-refractivity contribution is 7.10. The number of benzene rings is 1. The minimum atomic E-state index is -0.505. The van der Waals surface area contributed by atoms with Crippen molar-refractivity contribution in [3.05, 3.63) is 45.4 Å². The summed E-state index contributed by atoms with van der Waals surface area (Å²) in [6, 6.07) is 8.83. The highest BCUT2D eigenvalue weighted by Crippen LogP contribution is 2.19. The van der Waals surface area contributed by atoms with Crippen LogP contribution in [0.1, 0.15) is 21.6 Å². The summed E-state index contributed by atoms with van der Waals surface area (Å²) in [7, 11) is 0. The van der Waals surface area contributed by atoms with E-state index >= 15 is 0 Å². The molecule has 0 atom stereocenters. The lowest BCUT2D eigenvalue weighted by molar-refractivity contribution is 0.0467. The van der Waals surface area contributed by atoms with E-state index in [2.05, 4.69) is 9.59 Å². The van der Waals surface area contributed by atoms with Gasteiger partial charge in [-0.25, -0.2) is 4.79 Å². The molecule has 0 aliphatic rings. The number of halogens is 1. The second-order valence-electron chi connectivity index (χ2n) is 3.56. The second-order valence-corrected chi connectivity index (χ2v) is 4.92. The van der Waals surface area contributed by atoms with Gasteiger partial charge in [0.15, 0.2) is 0 Å². The van der Waals surface area contributed by atoms with Crippen LogP contribution in [0, 0.1) is 11.3 Å². The third-order valence-corrected chi connectivity index (χ3v) is 3.34. The first-order chi connectivity index (χ1) is 9.22. The Morgan fingerprint density at radius 2 is 2.26 bits per heavy atom. The van der Waals surface area contributed by atoms with Crippen LogP contribution in [0.4, 0.5) is 0 Å². The van der Waals surface area contributed by atoms with Crippen molar-refractivity contribution >= 4 is 29.1 Å². The summed E-state index contributed by atoms with van der Waals surface area (Å²) in [5, 5.41) is 12.5. The highest BCUT2D eigenvalue weighted by atomic mass is 35.5. The van der Waals surface area contributed by atoms with E-state index in [0.29, 0.717) is 21.2 Å². The number of rotatable bonds is 4.